The first kappa shape index (κ1) is 28.9. The lowest BCUT2D eigenvalue weighted by molar-refractivity contribution is -0.200. The van der Waals surface area contributed by atoms with Crippen LogP contribution in [0.15, 0.2) is 54.6 Å². The van der Waals surface area contributed by atoms with Crippen molar-refractivity contribution in [2.75, 3.05) is 36.0 Å². The molecular formula is C31H43N3O5. The summed E-state index contributed by atoms with van der Waals surface area (Å²) in [6, 6.07) is 18.0. The Balaban J connectivity index is 1.23. The second-order valence-electron chi connectivity index (χ2n) is 10.4. The summed E-state index contributed by atoms with van der Waals surface area (Å²) in [6.45, 7) is 3.65. The van der Waals surface area contributed by atoms with E-state index in [0.717, 1.165) is 69.3 Å². The molecule has 39 heavy (non-hydrogen) atoms. The normalized spacial score (nSPS) is 17.4. The summed E-state index contributed by atoms with van der Waals surface area (Å²) in [5.41, 5.74) is 5.52. The molecule has 0 bridgehead atoms. The molecular weight excluding hydrogens is 494 g/mol. The monoisotopic (exact) mass is 537 g/mol. The van der Waals surface area contributed by atoms with Gasteiger partial charge in [0.05, 0.1) is 0 Å². The topological polar surface area (TPSA) is 80.3 Å². The molecule has 1 atom stereocenters. The third-order valence-corrected chi connectivity index (χ3v) is 7.29. The van der Waals surface area contributed by atoms with E-state index >= 15 is 0 Å². The van der Waals surface area contributed by atoms with Gasteiger partial charge in [0.1, 0.15) is 6.61 Å². The molecule has 4 rings (SSSR count). The molecule has 2 amide bonds. The summed E-state index contributed by atoms with van der Waals surface area (Å²) >= 11 is 0. The summed E-state index contributed by atoms with van der Waals surface area (Å²) in [5, 5.41) is 0. The maximum atomic E-state index is 13.1. The Morgan fingerprint density at radius 1 is 0.897 bits per heavy atom. The van der Waals surface area contributed by atoms with Gasteiger partial charge in [-0.05, 0) is 74.8 Å². The number of piperidine rings is 1. The highest BCUT2D eigenvalue weighted by Crippen LogP contribution is 2.25. The van der Waals surface area contributed by atoms with Gasteiger partial charge in [-0.3, -0.25) is 9.69 Å². The zero-order valence-electron chi connectivity index (χ0n) is 23.0. The van der Waals surface area contributed by atoms with E-state index in [1.165, 1.54) is 24.9 Å². The number of nitrogens with one attached hydrogen (secondary N) is 1. The van der Waals surface area contributed by atoms with Crippen LogP contribution in [0.4, 0.5) is 16.2 Å². The lowest BCUT2D eigenvalue weighted by atomic mass is 10.1. The molecule has 0 aromatic heterocycles. The summed E-state index contributed by atoms with van der Waals surface area (Å²) in [7, 11) is 0. The second kappa shape index (κ2) is 16.1. The molecule has 8 heteroatoms. The van der Waals surface area contributed by atoms with E-state index < -0.39 is 0 Å². The van der Waals surface area contributed by atoms with E-state index in [2.05, 4.69) is 22.5 Å². The highest BCUT2D eigenvalue weighted by molar-refractivity contribution is 5.87. The quantitative estimate of drug-likeness (QED) is 0.237. The zero-order valence-corrected chi connectivity index (χ0v) is 23.0. The predicted molar refractivity (Wildman–Crippen MR) is 152 cm³/mol. The maximum absolute atomic E-state index is 13.1. The fourth-order valence-electron chi connectivity index (χ4n) is 5.01. The van der Waals surface area contributed by atoms with Crippen molar-refractivity contribution in [2.45, 2.75) is 83.5 Å². The number of ether oxygens (including phenoxy) is 2. The second-order valence-corrected chi connectivity index (χ2v) is 10.4. The van der Waals surface area contributed by atoms with Crippen LogP contribution in [0.5, 0.6) is 0 Å². The van der Waals surface area contributed by atoms with Gasteiger partial charge in [-0.1, -0.05) is 43.2 Å². The van der Waals surface area contributed by atoms with Crippen LogP contribution in [0.2, 0.25) is 0 Å². The van der Waals surface area contributed by atoms with Gasteiger partial charge in [0.2, 0.25) is 5.91 Å². The van der Waals surface area contributed by atoms with Gasteiger partial charge < -0.3 is 14.4 Å². The molecule has 2 aliphatic heterocycles. The first-order chi connectivity index (χ1) is 19.2. The number of unbranched alkanes of at least 4 members (excludes halogenated alkanes) is 3. The van der Waals surface area contributed by atoms with Crippen LogP contribution in [-0.4, -0.2) is 44.5 Å². The molecule has 1 N–H and O–H groups in total. The Bertz CT molecular complexity index is 989. The molecule has 0 radical (unpaired) electrons. The Labute approximate surface area is 232 Å². The van der Waals surface area contributed by atoms with Gasteiger partial charge in [0.15, 0.2) is 6.29 Å². The highest BCUT2D eigenvalue weighted by Gasteiger charge is 2.19. The van der Waals surface area contributed by atoms with Gasteiger partial charge >= 0.3 is 6.09 Å². The molecule has 2 aromatic rings. The van der Waals surface area contributed by atoms with Gasteiger partial charge in [-0.2, -0.15) is 0 Å². The fourth-order valence-corrected chi connectivity index (χ4v) is 5.01. The van der Waals surface area contributed by atoms with E-state index in [1.807, 2.05) is 42.5 Å². The number of rotatable bonds is 13. The summed E-state index contributed by atoms with van der Waals surface area (Å²) < 4.78 is 11.1. The lowest BCUT2D eigenvalue weighted by Crippen LogP contribution is -2.33. The van der Waals surface area contributed by atoms with E-state index in [0.29, 0.717) is 19.6 Å². The highest BCUT2D eigenvalue weighted by atomic mass is 16.8. The van der Waals surface area contributed by atoms with E-state index in [-0.39, 0.29) is 24.9 Å². The number of benzene rings is 2. The molecule has 0 saturated carbocycles. The maximum Gasteiger partial charge on any atom is 0.414 e. The van der Waals surface area contributed by atoms with E-state index in [9.17, 15) is 9.59 Å². The predicted octanol–water partition coefficient (Wildman–Crippen LogP) is 6.35. The number of hydrogen-bond acceptors (Lipinski definition) is 6. The van der Waals surface area contributed by atoms with Crippen LogP contribution >= 0.6 is 0 Å². The summed E-state index contributed by atoms with van der Waals surface area (Å²) in [5.74, 6) is -0.121. The van der Waals surface area contributed by atoms with Crippen LogP contribution in [-0.2, 0) is 25.7 Å². The molecule has 1 unspecified atom stereocenters. The van der Waals surface area contributed by atoms with Crippen LogP contribution in [0.1, 0.15) is 76.2 Å². The number of nitrogens with zero attached hydrogens (tertiary/aromatic N) is 2. The Kier molecular flexibility index (Phi) is 11.9. The average molecular weight is 538 g/mol. The van der Waals surface area contributed by atoms with Crippen molar-refractivity contribution < 1.29 is 23.9 Å². The summed E-state index contributed by atoms with van der Waals surface area (Å²) in [6.07, 6.45) is 9.79. The van der Waals surface area contributed by atoms with Gasteiger partial charge in [0, 0.05) is 50.5 Å². The third kappa shape index (κ3) is 9.86. The minimum absolute atomic E-state index is 0.121. The van der Waals surface area contributed by atoms with E-state index in [4.69, 9.17) is 14.3 Å². The molecule has 8 nitrogen and oxygen atoms in total. The van der Waals surface area contributed by atoms with Crippen molar-refractivity contribution in [1.29, 1.82) is 0 Å². The average Bonchev–Trinajstić information content (AvgIpc) is 3.00. The molecule has 2 aromatic carbocycles. The van der Waals surface area contributed by atoms with Crippen molar-refractivity contribution >= 4 is 23.4 Å². The van der Waals surface area contributed by atoms with Crippen molar-refractivity contribution in [3.8, 4) is 0 Å². The minimum Gasteiger partial charge on any atom is -0.444 e. The smallest absolute Gasteiger partial charge is 0.414 e. The van der Waals surface area contributed by atoms with Crippen molar-refractivity contribution in [3.63, 3.8) is 0 Å². The first-order valence-electron chi connectivity index (χ1n) is 14.6. The minimum atomic E-state index is -0.342. The van der Waals surface area contributed by atoms with Gasteiger partial charge in [-0.25, -0.2) is 15.1 Å². The molecule has 0 aliphatic carbocycles. The van der Waals surface area contributed by atoms with Gasteiger partial charge in [-0.15, -0.1) is 0 Å². The zero-order chi connectivity index (χ0) is 27.1. The number of amides is 2. The molecule has 2 aliphatic rings. The standard InChI is InChI=1S/C31H43N3O5/c35-29(32-39-30-16-8-12-24-37-30)15-7-1-2-11-23-34(31(36)38-25-26-13-5-3-6-14-26)28-19-17-27(18-20-28)33-21-9-4-10-22-33/h3,5-6,13-14,17-20,30H,1-2,4,7-12,15-16,21-25H2,(H,32,35). The van der Waals surface area contributed by atoms with Gasteiger partial charge in [0.25, 0.3) is 0 Å². The van der Waals surface area contributed by atoms with E-state index in [1.54, 1.807) is 4.90 Å². The Hall–Kier alpha value is -3.10. The van der Waals surface area contributed by atoms with Crippen LogP contribution in [0, 0.1) is 0 Å². The molecule has 2 fully saturated rings. The summed E-state index contributed by atoms with van der Waals surface area (Å²) in [4.78, 5) is 34.7. The number of carbonyl (C=O) groups excluding carboxylic acids is 2. The van der Waals surface area contributed by atoms with Crippen molar-refractivity contribution in [1.82, 2.24) is 5.48 Å². The third-order valence-electron chi connectivity index (χ3n) is 7.29. The van der Waals surface area contributed by atoms with Crippen LogP contribution in [0.25, 0.3) is 0 Å². The van der Waals surface area contributed by atoms with Crippen LogP contribution in [0.3, 0.4) is 0 Å². The largest absolute Gasteiger partial charge is 0.444 e. The molecule has 0 spiro atoms. The molecule has 2 saturated heterocycles. The first-order valence-corrected chi connectivity index (χ1v) is 14.6. The van der Waals surface area contributed by atoms with Crippen molar-refractivity contribution in [3.05, 3.63) is 60.2 Å². The molecule has 2 heterocycles. The number of hydroxylamine groups is 1. The number of carbonyl (C=O) groups is 2. The molecule has 212 valence electrons. The SMILES string of the molecule is O=C(CCCCCCN(C(=O)OCc1ccccc1)c1ccc(N2CCCCC2)cc1)NOC1CCCCO1. The Morgan fingerprint density at radius 2 is 1.67 bits per heavy atom. The van der Waals surface area contributed by atoms with Crippen molar-refractivity contribution in [2.24, 2.45) is 0 Å². The lowest BCUT2D eigenvalue weighted by Gasteiger charge is -2.29. The number of hydrogen-bond donors (Lipinski definition) is 1. The fraction of sp³-hybridized carbons (Fsp3) is 0.548. The Morgan fingerprint density at radius 3 is 2.41 bits per heavy atom. The number of anilines is 2. The van der Waals surface area contributed by atoms with Crippen LogP contribution < -0.4 is 15.3 Å².